The van der Waals surface area contributed by atoms with E-state index in [0.29, 0.717) is 5.39 Å². The van der Waals surface area contributed by atoms with Gasteiger partial charge in [-0.1, -0.05) is 12.1 Å². The molecule has 0 aliphatic carbocycles. The van der Waals surface area contributed by atoms with Crippen molar-refractivity contribution in [1.29, 1.82) is 0 Å². The number of hydrogen-bond acceptors (Lipinski definition) is 3. The van der Waals surface area contributed by atoms with Crippen LogP contribution in [0.1, 0.15) is 0 Å². The van der Waals surface area contributed by atoms with E-state index >= 15 is 0 Å². The molecule has 0 fully saturated rings. The maximum atomic E-state index is 12.1. The van der Waals surface area contributed by atoms with E-state index in [1.807, 2.05) is 18.2 Å². The van der Waals surface area contributed by atoms with E-state index in [0.717, 1.165) is 16.6 Å². The van der Waals surface area contributed by atoms with Crippen LogP contribution < -0.4 is 5.56 Å². The molecule has 0 saturated carbocycles. The molecule has 4 aromatic rings. The standard InChI is InChI=1S/C11H6N4O/c16-11-8-3-1-2-4-9(8)14-10-7(5-12-14)6-13-15(10)11/h1-6H. The molecule has 0 radical (unpaired) electrons. The Kier molecular flexibility index (Phi) is 1.16. The third-order valence-electron chi connectivity index (χ3n) is 2.84. The molecule has 0 aliphatic rings. The summed E-state index contributed by atoms with van der Waals surface area (Å²) in [6, 6.07) is 7.41. The molecule has 5 nitrogen and oxygen atoms in total. The van der Waals surface area contributed by atoms with Gasteiger partial charge < -0.3 is 0 Å². The van der Waals surface area contributed by atoms with Gasteiger partial charge in [-0.05, 0) is 12.1 Å². The Morgan fingerprint density at radius 2 is 1.75 bits per heavy atom. The molecule has 4 rings (SSSR count). The summed E-state index contributed by atoms with van der Waals surface area (Å²) in [7, 11) is 0. The summed E-state index contributed by atoms with van der Waals surface area (Å²) in [5.41, 5.74) is 1.46. The molecular formula is C11H6N4O. The van der Waals surface area contributed by atoms with E-state index in [2.05, 4.69) is 10.2 Å². The van der Waals surface area contributed by atoms with Gasteiger partial charge in [0.2, 0.25) is 0 Å². The Bertz CT molecular complexity index is 874. The Hall–Kier alpha value is -2.43. The highest BCUT2D eigenvalue weighted by Gasteiger charge is 2.13. The minimum absolute atomic E-state index is 0.0985. The lowest BCUT2D eigenvalue weighted by molar-refractivity contribution is 0.864. The minimum atomic E-state index is -0.0985. The topological polar surface area (TPSA) is 51.7 Å². The first-order chi connectivity index (χ1) is 7.86. The molecule has 0 amide bonds. The van der Waals surface area contributed by atoms with E-state index in [4.69, 9.17) is 0 Å². The Morgan fingerprint density at radius 3 is 2.62 bits per heavy atom. The molecule has 0 bridgehead atoms. The normalized spacial score (nSPS) is 12.0. The van der Waals surface area contributed by atoms with Crippen LogP contribution in [0.5, 0.6) is 0 Å². The lowest BCUT2D eigenvalue weighted by Crippen LogP contribution is -2.16. The van der Waals surface area contributed by atoms with Crippen LogP contribution in [0.15, 0.2) is 41.5 Å². The Balaban J connectivity index is 2.56. The molecule has 0 unspecified atom stereocenters. The predicted molar refractivity (Wildman–Crippen MR) is 58.9 cm³/mol. The van der Waals surface area contributed by atoms with E-state index in [9.17, 15) is 4.79 Å². The van der Waals surface area contributed by atoms with Crippen molar-refractivity contribution in [2.45, 2.75) is 0 Å². The average molecular weight is 210 g/mol. The number of fused-ring (bicyclic) bond motifs is 2. The summed E-state index contributed by atoms with van der Waals surface area (Å²) in [6.45, 7) is 0. The van der Waals surface area contributed by atoms with Gasteiger partial charge >= 0.3 is 0 Å². The summed E-state index contributed by atoms with van der Waals surface area (Å²) >= 11 is 0. The lowest BCUT2D eigenvalue weighted by atomic mass is 10.2. The zero-order chi connectivity index (χ0) is 10.7. The first-order valence-electron chi connectivity index (χ1n) is 4.92. The van der Waals surface area contributed by atoms with Crippen LogP contribution >= 0.6 is 0 Å². The highest BCUT2D eigenvalue weighted by molar-refractivity contribution is 5.85. The van der Waals surface area contributed by atoms with Crippen molar-refractivity contribution in [1.82, 2.24) is 19.2 Å². The van der Waals surface area contributed by atoms with Gasteiger partial charge in [-0.15, -0.1) is 0 Å². The van der Waals surface area contributed by atoms with Crippen molar-refractivity contribution in [2.75, 3.05) is 0 Å². The smallest absolute Gasteiger partial charge is 0.267 e. The van der Waals surface area contributed by atoms with Gasteiger partial charge in [0.05, 0.1) is 28.7 Å². The molecule has 3 aromatic heterocycles. The second-order valence-corrected chi connectivity index (χ2v) is 3.71. The molecule has 0 N–H and O–H groups in total. The largest absolute Gasteiger partial charge is 0.282 e. The summed E-state index contributed by atoms with van der Waals surface area (Å²) in [4.78, 5) is 12.1. The van der Waals surface area contributed by atoms with Crippen LogP contribution in [0.4, 0.5) is 0 Å². The molecule has 76 valence electrons. The number of nitrogens with zero attached hydrogens (tertiary/aromatic N) is 4. The van der Waals surface area contributed by atoms with Gasteiger partial charge in [-0.25, -0.2) is 4.52 Å². The summed E-state index contributed by atoms with van der Waals surface area (Å²) in [5, 5.41) is 9.84. The first kappa shape index (κ1) is 7.81. The average Bonchev–Trinajstić information content (AvgIpc) is 2.89. The van der Waals surface area contributed by atoms with Crippen molar-refractivity contribution in [3.63, 3.8) is 0 Å². The SMILES string of the molecule is O=c1c2ccccc2n2ncc3cnn1c32. The van der Waals surface area contributed by atoms with Gasteiger partial charge in [0.1, 0.15) is 0 Å². The second-order valence-electron chi connectivity index (χ2n) is 3.71. The summed E-state index contributed by atoms with van der Waals surface area (Å²) in [5.74, 6) is 0. The fourth-order valence-electron chi connectivity index (χ4n) is 2.11. The van der Waals surface area contributed by atoms with Gasteiger partial charge in [-0.2, -0.15) is 14.7 Å². The van der Waals surface area contributed by atoms with Crippen LogP contribution in [0.25, 0.3) is 21.9 Å². The Morgan fingerprint density at radius 1 is 1.00 bits per heavy atom. The monoisotopic (exact) mass is 210 g/mol. The summed E-state index contributed by atoms with van der Waals surface area (Å²) in [6.07, 6.45) is 3.37. The quantitative estimate of drug-likeness (QED) is 0.434. The maximum Gasteiger partial charge on any atom is 0.282 e. The number of rotatable bonds is 0. The zero-order valence-corrected chi connectivity index (χ0v) is 8.16. The highest BCUT2D eigenvalue weighted by Crippen LogP contribution is 2.16. The molecule has 0 atom stereocenters. The summed E-state index contributed by atoms with van der Waals surface area (Å²) < 4.78 is 3.14. The molecule has 0 saturated heterocycles. The van der Waals surface area contributed by atoms with E-state index in [1.54, 1.807) is 23.0 Å². The van der Waals surface area contributed by atoms with E-state index < -0.39 is 0 Å². The highest BCUT2D eigenvalue weighted by atomic mass is 16.1. The van der Waals surface area contributed by atoms with Crippen LogP contribution in [-0.4, -0.2) is 19.2 Å². The fourth-order valence-corrected chi connectivity index (χ4v) is 2.11. The number of para-hydroxylation sites is 1. The fraction of sp³-hybridized carbons (Fsp3) is 0. The number of benzene rings is 1. The number of aromatic nitrogens is 4. The number of hydrogen-bond donors (Lipinski definition) is 0. The molecular weight excluding hydrogens is 204 g/mol. The molecule has 3 heterocycles. The zero-order valence-electron chi connectivity index (χ0n) is 8.16. The van der Waals surface area contributed by atoms with Crippen molar-refractivity contribution in [2.24, 2.45) is 0 Å². The minimum Gasteiger partial charge on any atom is -0.267 e. The second kappa shape index (κ2) is 2.38. The Labute approximate surface area is 88.9 Å². The van der Waals surface area contributed by atoms with Crippen LogP contribution in [0, 0.1) is 0 Å². The third-order valence-corrected chi connectivity index (χ3v) is 2.84. The van der Waals surface area contributed by atoms with Crippen LogP contribution in [0.2, 0.25) is 0 Å². The third kappa shape index (κ3) is 0.713. The van der Waals surface area contributed by atoms with Gasteiger partial charge in [0.15, 0.2) is 5.65 Å². The predicted octanol–water partition coefficient (Wildman–Crippen LogP) is 0.933. The molecule has 1 aromatic carbocycles. The van der Waals surface area contributed by atoms with Crippen molar-refractivity contribution in [3.05, 3.63) is 47.0 Å². The van der Waals surface area contributed by atoms with Gasteiger partial charge in [-0.3, -0.25) is 4.79 Å². The molecule has 16 heavy (non-hydrogen) atoms. The van der Waals surface area contributed by atoms with E-state index in [1.165, 1.54) is 4.52 Å². The van der Waals surface area contributed by atoms with E-state index in [-0.39, 0.29) is 5.56 Å². The van der Waals surface area contributed by atoms with Crippen molar-refractivity contribution in [3.8, 4) is 0 Å². The molecule has 0 spiro atoms. The van der Waals surface area contributed by atoms with Crippen molar-refractivity contribution >= 4 is 21.9 Å². The molecule has 0 aliphatic heterocycles. The van der Waals surface area contributed by atoms with Gasteiger partial charge in [0.25, 0.3) is 5.56 Å². The van der Waals surface area contributed by atoms with Gasteiger partial charge in [0, 0.05) is 0 Å². The maximum absolute atomic E-state index is 12.1. The molecule has 5 heteroatoms. The van der Waals surface area contributed by atoms with Crippen LogP contribution in [0.3, 0.4) is 0 Å². The first-order valence-corrected chi connectivity index (χ1v) is 4.92. The van der Waals surface area contributed by atoms with Crippen molar-refractivity contribution < 1.29 is 0 Å². The van der Waals surface area contributed by atoms with Crippen LogP contribution in [-0.2, 0) is 0 Å². The lowest BCUT2D eigenvalue weighted by Gasteiger charge is -2.00.